The van der Waals surface area contributed by atoms with Gasteiger partial charge in [-0.2, -0.15) is 13.9 Å². The Bertz CT molecular complexity index is 1840. The number of likely N-dealkylation sites (tertiary alicyclic amines) is 1. The molecule has 258 valence electrons. The summed E-state index contributed by atoms with van der Waals surface area (Å²) in [6, 6.07) is 11.0. The summed E-state index contributed by atoms with van der Waals surface area (Å²) in [5, 5.41) is 9.50. The van der Waals surface area contributed by atoms with Crippen molar-refractivity contribution in [2.75, 3.05) is 19.7 Å². The van der Waals surface area contributed by atoms with E-state index < -0.39 is 35.5 Å². The van der Waals surface area contributed by atoms with Gasteiger partial charge in [0.1, 0.15) is 6.61 Å². The first-order valence-electron chi connectivity index (χ1n) is 15.9. The summed E-state index contributed by atoms with van der Waals surface area (Å²) >= 11 is 6.47. The van der Waals surface area contributed by atoms with Crippen molar-refractivity contribution in [1.29, 1.82) is 0 Å². The minimum Gasteiger partial charge on any atom is -0.447 e. The Kier molecular flexibility index (Phi) is 8.72. The van der Waals surface area contributed by atoms with Crippen LogP contribution in [0, 0.1) is 10.8 Å². The van der Waals surface area contributed by atoms with Crippen LogP contribution in [0.4, 0.5) is 13.6 Å². The number of rotatable bonds is 10. The molecule has 0 bridgehead atoms. The van der Waals surface area contributed by atoms with Crippen LogP contribution in [0.1, 0.15) is 69.3 Å². The van der Waals surface area contributed by atoms with Gasteiger partial charge >= 0.3 is 12.6 Å². The molecule has 3 aromatic rings. The second-order valence-electron chi connectivity index (χ2n) is 14.2. The van der Waals surface area contributed by atoms with Gasteiger partial charge in [-0.15, -0.1) is 0 Å². The smallest absolute Gasteiger partial charge is 0.409 e. The number of hydrogen-bond donors (Lipinski definition) is 3. The summed E-state index contributed by atoms with van der Waals surface area (Å²) in [5.41, 5.74) is 13.7. The number of aliphatic imine (C=N–C) groups is 2. The maximum absolute atomic E-state index is 14.9. The number of hydrogen-bond acceptors (Lipinski definition) is 6. The number of amidine groups is 1. The molecule has 2 atom stereocenters. The quantitative estimate of drug-likeness (QED) is 0.215. The Balaban J connectivity index is 1.37. The maximum atomic E-state index is 14.9. The SMILES string of the molecule is CC(C)(C)C[C@]1(c2ccc(-c3cnn(C(F)F)c3)cc2)N=C(N)N([C@H](COC(=O)N2CC3(CC3)C2)c2ccc(Cl)c(C(N)=NC=[NH2+])c2)C1=O. The second-order valence-corrected chi connectivity index (χ2v) is 14.6. The maximum Gasteiger partial charge on any atom is 0.409 e. The van der Waals surface area contributed by atoms with Crippen molar-refractivity contribution in [1.82, 2.24) is 19.6 Å². The van der Waals surface area contributed by atoms with Crippen molar-refractivity contribution in [3.05, 3.63) is 76.6 Å². The highest BCUT2D eigenvalue weighted by Crippen LogP contribution is 2.53. The minimum absolute atomic E-state index is 0.0519. The average Bonchev–Trinajstić information content (AvgIpc) is 3.61. The molecule has 3 aliphatic rings. The van der Waals surface area contributed by atoms with E-state index in [1.54, 1.807) is 47.4 Å². The summed E-state index contributed by atoms with van der Waals surface area (Å²) in [6.07, 6.45) is 5.64. The minimum atomic E-state index is -2.77. The normalized spacial score (nSPS) is 20.8. The fraction of sp³-hybridized carbons (Fsp3) is 0.412. The highest BCUT2D eigenvalue weighted by atomic mass is 35.5. The van der Waals surface area contributed by atoms with E-state index in [-0.39, 0.29) is 30.2 Å². The largest absolute Gasteiger partial charge is 0.447 e. The molecule has 2 aliphatic heterocycles. The molecule has 1 saturated heterocycles. The lowest BCUT2D eigenvalue weighted by molar-refractivity contribution is -0.135. The van der Waals surface area contributed by atoms with Crippen LogP contribution in [0.5, 0.6) is 0 Å². The number of aromatic nitrogens is 2. The summed E-state index contributed by atoms with van der Waals surface area (Å²) < 4.78 is 32.7. The molecule has 15 heteroatoms. The molecule has 2 fully saturated rings. The van der Waals surface area contributed by atoms with Gasteiger partial charge in [-0.25, -0.2) is 14.5 Å². The second kappa shape index (κ2) is 12.6. The Hall–Kier alpha value is -4.85. The number of alkyl halides is 2. The van der Waals surface area contributed by atoms with Gasteiger partial charge in [-0.1, -0.05) is 62.7 Å². The van der Waals surface area contributed by atoms with E-state index >= 15 is 0 Å². The number of carbonyl (C=O) groups excluding carboxylic acids is 2. The van der Waals surface area contributed by atoms with Crippen molar-refractivity contribution >= 4 is 41.7 Å². The van der Waals surface area contributed by atoms with Crippen molar-refractivity contribution in [3.63, 3.8) is 0 Å². The van der Waals surface area contributed by atoms with Gasteiger partial charge in [0.25, 0.3) is 12.2 Å². The fourth-order valence-electron chi connectivity index (χ4n) is 6.65. The first-order valence-corrected chi connectivity index (χ1v) is 16.2. The van der Waals surface area contributed by atoms with Gasteiger partial charge in [0, 0.05) is 30.3 Å². The Morgan fingerprint density at radius 3 is 2.45 bits per heavy atom. The van der Waals surface area contributed by atoms with E-state index in [1.165, 1.54) is 17.3 Å². The number of ether oxygens (including phenoxy) is 1. The lowest BCUT2D eigenvalue weighted by atomic mass is 9.75. The lowest BCUT2D eigenvalue weighted by Gasteiger charge is -2.39. The molecule has 6 N–H and O–H groups in total. The average molecular weight is 695 g/mol. The van der Waals surface area contributed by atoms with Crippen LogP contribution in [0.2, 0.25) is 5.02 Å². The first-order chi connectivity index (χ1) is 23.1. The van der Waals surface area contributed by atoms with Crippen LogP contribution in [0.25, 0.3) is 11.1 Å². The standard InChI is InChI=1S/C34H38ClF2N9O3/c1-32(2,3)16-34(23-7-4-20(5-8-23)22-13-42-45(14-22)29(36)37)28(47)46(30(40)43-34)26(15-49-31(48)44-17-33(18-44)10-11-33)21-6-9-25(35)24(12-21)27(39)41-19-38/h4-9,12-14,19,26,29H,10-11,15-18H2,1-3H3,(H2,40,43)(H3,38,39,41)/p+1/t26-,34-/m1/s1. The van der Waals surface area contributed by atoms with Crippen molar-refractivity contribution in [2.45, 2.75) is 58.2 Å². The molecule has 1 saturated carbocycles. The van der Waals surface area contributed by atoms with E-state index in [0.29, 0.717) is 50.6 Å². The van der Waals surface area contributed by atoms with Crippen molar-refractivity contribution in [2.24, 2.45) is 32.3 Å². The molecule has 1 aliphatic carbocycles. The highest BCUT2D eigenvalue weighted by molar-refractivity contribution is 6.34. The zero-order valence-electron chi connectivity index (χ0n) is 27.4. The predicted octanol–water partition coefficient (Wildman–Crippen LogP) is 3.85. The number of nitrogens with two attached hydrogens (primary N) is 3. The van der Waals surface area contributed by atoms with Crippen LogP contribution >= 0.6 is 11.6 Å². The summed E-state index contributed by atoms with van der Waals surface area (Å²) in [4.78, 5) is 39.8. The molecule has 6 rings (SSSR count). The molecular formula is C34H39ClF2N9O3+. The highest BCUT2D eigenvalue weighted by Gasteiger charge is 2.55. The van der Waals surface area contributed by atoms with Crippen LogP contribution in [0.15, 0.2) is 64.8 Å². The van der Waals surface area contributed by atoms with Crippen LogP contribution in [-0.2, 0) is 15.1 Å². The lowest BCUT2D eigenvalue weighted by Crippen LogP contribution is -2.52. The predicted molar refractivity (Wildman–Crippen MR) is 181 cm³/mol. The molecule has 49 heavy (non-hydrogen) atoms. The van der Waals surface area contributed by atoms with Crippen molar-refractivity contribution < 1.29 is 28.5 Å². The monoisotopic (exact) mass is 694 g/mol. The van der Waals surface area contributed by atoms with E-state index in [1.807, 2.05) is 20.8 Å². The first kappa shape index (κ1) is 34.0. The molecule has 3 heterocycles. The van der Waals surface area contributed by atoms with Crippen LogP contribution in [0.3, 0.4) is 0 Å². The van der Waals surface area contributed by atoms with Gasteiger partial charge in [-0.05, 0) is 58.5 Å². The Morgan fingerprint density at radius 1 is 1.16 bits per heavy atom. The number of nitrogens with zero attached hydrogens (tertiary/aromatic N) is 6. The third-order valence-electron chi connectivity index (χ3n) is 9.22. The van der Waals surface area contributed by atoms with Gasteiger partial charge in [-0.3, -0.25) is 15.1 Å². The number of carbonyl (C=O) groups is 2. The van der Waals surface area contributed by atoms with E-state index in [9.17, 15) is 18.4 Å². The molecule has 2 amide bonds. The third-order valence-corrected chi connectivity index (χ3v) is 9.55. The Morgan fingerprint density at radius 2 is 1.86 bits per heavy atom. The van der Waals surface area contributed by atoms with E-state index in [4.69, 9.17) is 38.2 Å². The molecule has 1 spiro atoms. The van der Waals surface area contributed by atoms with E-state index in [2.05, 4.69) is 10.1 Å². The zero-order chi connectivity index (χ0) is 35.3. The summed E-state index contributed by atoms with van der Waals surface area (Å²) in [6.45, 7) is 4.26. The topological polar surface area (TPSA) is 170 Å². The fourth-order valence-corrected chi connectivity index (χ4v) is 6.86. The number of halogens is 3. The van der Waals surface area contributed by atoms with Crippen LogP contribution in [-0.4, -0.2) is 69.4 Å². The molecule has 12 nitrogen and oxygen atoms in total. The van der Waals surface area contributed by atoms with Crippen LogP contribution < -0.4 is 16.9 Å². The number of benzene rings is 2. The van der Waals surface area contributed by atoms with Gasteiger partial charge in [0.05, 0.1) is 22.8 Å². The van der Waals surface area contributed by atoms with Crippen molar-refractivity contribution in [3.8, 4) is 11.1 Å². The molecule has 2 aromatic carbocycles. The van der Waals surface area contributed by atoms with Gasteiger partial charge in [0.2, 0.25) is 5.84 Å². The number of amides is 2. The summed E-state index contributed by atoms with van der Waals surface area (Å²) in [7, 11) is 0. The van der Waals surface area contributed by atoms with E-state index in [0.717, 1.165) is 19.2 Å². The Labute approximate surface area is 287 Å². The third kappa shape index (κ3) is 6.61. The van der Waals surface area contributed by atoms with Gasteiger partial charge in [0.15, 0.2) is 11.5 Å². The molecule has 1 aromatic heterocycles. The number of guanidine groups is 1. The molecule has 0 unspecified atom stereocenters. The molecular weight excluding hydrogens is 656 g/mol. The van der Waals surface area contributed by atoms with Gasteiger partial charge < -0.3 is 21.1 Å². The zero-order valence-corrected chi connectivity index (χ0v) is 28.2. The molecule has 0 radical (unpaired) electrons. The summed E-state index contributed by atoms with van der Waals surface area (Å²) in [5.74, 6) is -0.434.